The molecule has 1 heterocycles. The molecule has 0 aromatic carbocycles. The minimum atomic E-state index is 0.0729. The fourth-order valence-electron chi connectivity index (χ4n) is 1.45. The molecule has 0 fully saturated rings. The quantitative estimate of drug-likeness (QED) is 0.718. The van der Waals surface area contributed by atoms with Gasteiger partial charge in [0.25, 0.3) is 0 Å². The van der Waals surface area contributed by atoms with Gasteiger partial charge in [0.15, 0.2) is 5.78 Å². The van der Waals surface area contributed by atoms with E-state index >= 15 is 0 Å². The van der Waals surface area contributed by atoms with Gasteiger partial charge in [0.1, 0.15) is 5.69 Å². The molecule has 0 radical (unpaired) electrons. The maximum atomic E-state index is 11.8. The number of halogens is 1. The van der Waals surface area contributed by atoms with Crippen LogP contribution in [0.3, 0.4) is 0 Å². The Hall–Kier alpha value is -0.870. The number of carbonyl (C=O) groups excluding carboxylic acids is 1. The summed E-state index contributed by atoms with van der Waals surface area (Å²) in [6, 6.07) is 0. The lowest BCUT2D eigenvalue weighted by atomic mass is 10.2. The molecule has 0 aliphatic heterocycles. The summed E-state index contributed by atoms with van der Waals surface area (Å²) in [5, 5.41) is 4.58. The maximum Gasteiger partial charge on any atom is 0.182 e. The van der Waals surface area contributed by atoms with Gasteiger partial charge in [-0.15, -0.1) is 0 Å². The van der Waals surface area contributed by atoms with Crippen LogP contribution in [0.1, 0.15) is 30.3 Å². The van der Waals surface area contributed by atoms with Gasteiger partial charge in [-0.25, -0.2) is 0 Å². The average molecular weight is 244 g/mol. The second kappa shape index (κ2) is 6.01. The van der Waals surface area contributed by atoms with Crippen molar-refractivity contribution in [3.05, 3.63) is 16.9 Å². The first-order valence-electron chi connectivity index (χ1n) is 5.45. The second-order valence-corrected chi connectivity index (χ2v) is 4.45. The maximum absolute atomic E-state index is 11.8. The molecule has 0 aliphatic rings. The van der Waals surface area contributed by atoms with Crippen LogP contribution in [0.2, 0.25) is 5.02 Å². The zero-order chi connectivity index (χ0) is 12.1. The van der Waals surface area contributed by atoms with E-state index in [4.69, 9.17) is 11.6 Å². The van der Waals surface area contributed by atoms with E-state index in [2.05, 4.69) is 5.10 Å². The number of Topliss-reactive ketones (excluding diaryl/α,β-unsaturated/α-hetero) is 1. The molecule has 0 N–H and O–H groups in total. The van der Waals surface area contributed by atoms with Gasteiger partial charge in [0.2, 0.25) is 0 Å². The molecule has 1 rings (SSSR count). The monoisotopic (exact) mass is 243 g/mol. The molecule has 5 heteroatoms. The van der Waals surface area contributed by atoms with E-state index < -0.39 is 0 Å². The first kappa shape index (κ1) is 13.2. The first-order chi connectivity index (χ1) is 7.56. The van der Waals surface area contributed by atoms with E-state index in [0.717, 1.165) is 13.0 Å². The van der Waals surface area contributed by atoms with Crippen LogP contribution in [0.15, 0.2) is 6.20 Å². The molecule has 16 heavy (non-hydrogen) atoms. The molecule has 90 valence electrons. The highest BCUT2D eigenvalue weighted by Gasteiger charge is 2.16. The smallest absolute Gasteiger partial charge is 0.182 e. The molecule has 0 spiro atoms. The Labute approximate surface area is 101 Å². The Morgan fingerprint density at radius 3 is 2.81 bits per heavy atom. The second-order valence-electron chi connectivity index (χ2n) is 4.04. The van der Waals surface area contributed by atoms with Crippen molar-refractivity contribution >= 4 is 17.4 Å². The van der Waals surface area contributed by atoms with Crippen LogP contribution in [-0.2, 0) is 6.54 Å². The summed E-state index contributed by atoms with van der Waals surface area (Å²) in [5.41, 5.74) is 0.547. The summed E-state index contributed by atoms with van der Waals surface area (Å²) in [7, 11) is 3.97. The zero-order valence-corrected chi connectivity index (χ0v) is 10.8. The van der Waals surface area contributed by atoms with E-state index in [0.29, 0.717) is 23.7 Å². The van der Waals surface area contributed by atoms with Crippen molar-refractivity contribution in [1.82, 2.24) is 14.7 Å². The van der Waals surface area contributed by atoms with Crippen LogP contribution in [0.5, 0.6) is 0 Å². The number of hydrogen-bond donors (Lipinski definition) is 0. The third-order valence-corrected chi connectivity index (χ3v) is 2.57. The Kier molecular flexibility index (Phi) is 4.96. The molecular formula is C11H18ClN3O. The fraction of sp³-hybridized carbons (Fsp3) is 0.636. The lowest BCUT2D eigenvalue weighted by molar-refractivity contribution is 0.0970. The van der Waals surface area contributed by atoms with Crippen LogP contribution in [-0.4, -0.2) is 41.1 Å². The van der Waals surface area contributed by atoms with Gasteiger partial charge in [-0.1, -0.05) is 18.5 Å². The van der Waals surface area contributed by atoms with Crippen LogP contribution < -0.4 is 0 Å². The van der Waals surface area contributed by atoms with Crippen molar-refractivity contribution in [3.8, 4) is 0 Å². The lowest BCUT2D eigenvalue weighted by Gasteiger charge is -2.11. The molecule has 0 atom stereocenters. The number of likely N-dealkylation sites (N-methyl/N-ethyl adjacent to an activating group) is 1. The summed E-state index contributed by atoms with van der Waals surface area (Å²) < 4.78 is 1.69. The van der Waals surface area contributed by atoms with Gasteiger partial charge in [-0.2, -0.15) is 5.10 Å². The number of ketones is 1. The fourth-order valence-corrected chi connectivity index (χ4v) is 1.70. The average Bonchev–Trinajstić information content (AvgIpc) is 2.57. The van der Waals surface area contributed by atoms with Gasteiger partial charge >= 0.3 is 0 Å². The van der Waals surface area contributed by atoms with Crippen molar-refractivity contribution in [2.45, 2.75) is 26.3 Å². The van der Waals surface area contributed by atoms with E-state index in [9.17, 15) is 4.79 Å². The summed E-state index contributed by atoms with van der Waals surface area (Å²) in [4.78, 5) is 13.9. The highest BCUT2D eigenvalue weighted by molar-refractivity contribution is 6.33. The third kappa shape index (κ3) is 3.32. The Bertz CT molecular complexity index is 360. The molecule has 0 amide bonds. The molecule has 4 nitrogen and oxygen atoms in total. The van der Waals surface area contributed by atoms with E-state index in [1.54, 1.807) is 10.9 Å². The molecular weight excluding hydrogens is 226 g/mol. The summed E-state index contributed by atoms with van der Waals surface area (Å²) in [5.74, 6) is 0.0729. The lowest BCUT2D eigenvalue weighted by Crippen LogP contribution is -2.21. The van der Waals surface area contributed by atoms with E-state index in [1.807, 2.05) is 25.9 Å². The van der Waals surface area contributed by atoms with Crippen molar-refractivity contribution < 1.29 is 4.79 Å². The molecule has 1 aromatic rings. The van der Waals surface area contributed by atoms with E-state index in [1.165, 1.54) is 0 Å². The van der Waals surface area contributed by atoms with Gasteiger partial charge < -0.3 is 4.90 Å². The number of nitrogens with zero attached hydrogens (tertiary/aromatic N) is 3. The van der Waals surface area contributed by atoms with Crippen molar-refractivity contribution in [2.24, 2.45) is 0 Å². The Morgan fingerprint density at radius 2 is 2.25 bits per heavy atom. The minimum Gasteiger partial charge on any atom is -0.308 e. The van der Waals surface area contributed by atoms with Crippen LogP contribution in [0.4, 0.5) is 0 Å². The zero-order valence-electron chi connectivity index (χ0n) is 10.0. The van der Waals surface area contributed by atoms with Crippen molar-refractivity contribution in [3.63, 3.8) is 0 Å². The van der Waals surface area contributed by atoms with Gasteiger partial charge in [0, 0.05) is 13.0 Å². The summed E-state index contributed by atoms with van der Waals surface area (Å²) in [6.07, 6.45) is 2.89. The van der Waals surface area contributed by atoms with Crippen LogP contribution in [0.25, 0.3) is 0 Å². The largest absolute Gasteiger partial charge is 0.308 e. The van der Waals surface area contributed by atoms with Gasteiger partial charge in [-0.05, 0) is 20.5 Å². The van der Waals surface area contributed by atoms with Crippen molar-refractivity contribution in [1.29, 1.82) is 0 Å². The number of aromatic nitrogens is 2. The summed E-state index contributed by atoms with van der Waals surface area (Å²) in [6.45, 7) is 3.50. The molecule has 1 aromatic heterocycles. The molecule has 0 saturated heterocycles. The summed E-state index contributed by atoms with van der Waals surface area (Å²) >= 11 is 5.97. The van der Waals surface area contributed by atoms with Crippen molar-refractivity contribution in [2.75, 3.05) is 20.6 Å². The molecule has 0 saturated carbocycles. The first-order valence-corrected chi connectivity index (χ1v) is 5.83. The van der Waals surface area contributed by atoms with E-state index in [-0.39, 0.29) is 5.78 Å². The molecule has 0 aliphatic carbocycles. The standard InChI is InChI=1S/C11H18ClN3O/c1-4-5-10(16)11-9(12)8-13-15(11)7-6-14(2)3/h8H,4-7H2,1-3H3. The van der Waals surface area contributed by atoms with Gasteiger partial charge in [0.05, 0.1) is 17.8 Å². The SMILES string of the molecule is CCCC(=O)c1c(Cl)cnn1CCN(C)C. The third-order valence-electron chi connectivity index (χ3n) is 2.29. The molecule has 0 unspecified atom stereocenters. The predicted molar refractivity (Wildman–Crippen MR) is 65.0 cm³/mol. The topological polar surface area (TPSA) is 38.1 Å². The van der Waals surface area contributed by atoms with Gasteiger partial charge in [-0.3, -0.25) is 9.48 Å². The van der Waals surface area contributed by atoms with Crippen LogP contribution >= 0.6 is 11.6 Å². The number of rotatable bonds is 6. The number of carbonyl (C=O) groups is 1. The Morgan fingerprint density at radius 1 is 1.56 bits per heavy atom. The predicted octanol–water partition coefficient (Wildman–Crippen LogP) is 2.08. The normalized spacial score (nSPS) is 11.1. The minimum absolute atomic E-state index is 0.0729. The van der Waals surface area contributed by atoms with Crippen LogP contribution in [0, 0.1) is 0 Å². The Balaban J connectivity index is 2.81. The highest BCUT2D eigenvalue weighted by Crippen LogP contribution is 2.17. The molecule has 0 bridgehead atoms. The highest BCUT2D eigenvalue weighted by atomic mass is 35.5. The number of hydrogen-bond acceptors (Lipinski definition) is 3.